The Bertz CT molecular complexity index is 1020. The molecule has 0 fully saturated rings. The highest BCUT2D eigenvalue weighted by atomic mass is 32.2. The highest BCUT2D eigenvalue weighted by molar-refractivity contribution is 7.85. The normalized spacial score (nSPS) is 11.8. The van der Waals surface area contributed by atoms with Gasteiger partial charge in [-0.1, -0.05) is 0 Å². The number of ether oxygens (including phenoxy) is 9. The van der Waals surface area contributed by atoms with Crippen LogP contribution < -0.4 is 4.74 Å². The van der Waals surface area contributed by atoms with Gasteiger partial charge in [0.05, 0.1) is 119 Å². The Kier molecular flexibility index (Phi) is 22.0. The molecule has 19 heteroatoms. The minimum atomic E-state index is -5.63. The summed E-state index contributed by atoms with van der Waals surface area (Å²) in [6, 6.07) is 0. The van der Waals surface area contributed by atoms with Crippen LogP contribution in [0.1, 0.15) is 6.42 Å². The van der Waals surface area contributed by atoms with Gasteiger partial charge in [0.15, 0.2) is 16.5 Å². The predicted octanol–water partition coefficient (Wildman–Crippen LogP) is 0.910. The smallest absolute Gasteiger partial charge is 0.313 e. The number of hydrogen-bond donors (Lipinski definition) is 2. The first-order valence-corrected chi connectivity index (χ1v) is 14.8. The van der Waals surface area contributed by atoms with Crippen molar-refractivity contribution in [2.45, 2.75) is 11.3 Å². The first-order valence-electron chi connectivity index (χ1n) is 13.4. The number of hydrogen-bond acceptors (Lipinski definition) is 13. The number of carbonyl (C=O) groups excluding carboxylic acids is 1. The van der Waals surface area contributed by atoms with Crippen LogP contribution in [0.4, 0.5) is 17.6 Å². The van der Waals surface area contributed by atoms with Gasteiger partial charge in [-0.3, -0.25) is 9.35 Å². The molecule has 0 saturated carbocycles. The zero-order valence-corrected chi connectivity index (χ0v) is 24.8. The molecule has 2 N–H and O–H groups in total. The number of carbonyl (C=O) groups is 1. The Morgan fingerprint density at radius 1 is 0.523 bits per heavy atom. The molecule has 1 aromatic rings. The third-order valence-corrected chi connectivity index (χ3v) is 5.82. The van der Waals surface area contributed by atoms with E-state index in [9.17, 15) is 30.8 Å². The third kappa shape index (κ3) is 17.4. The van der Waals surface area contributed by atoms with Crippen LogP contribution >= 0.6 is 0 Å². The largest absolute Gasteiger partial charge is 0.420 e. The number of halogens is 4. The molecule has 1 rings (SSSR count). The summed E-state index contributed by atoms with van der Waals surface area (Å²) in [4.78, 5) is 9.48. The molecule has 0 amide bonds. The second-order valence-corrected chi connectivity index (χ2v) is 9.59. The average Bonchev–Trinajstić information content (AvgIpc) is 2.97. The van der Waals surface area contributed by atoms with E-state index in [1.807, 2.05) is 0 Å². The summed E-state index contributed by atoms with van der Waals surface area (Å²) in [5.74, 6) is -12.6. The molecule has 0 aromatic heterocycles. The fraction of sp³-hybridized carbons (Fsp3) is 0.720. The van der Waals surface area contributed by atoms with Gasteiger partial charge in [0.2, 0.25) is 17.4 Å². The Balaban J connectivity index is 1.93. The van der Waals surface area contributed by atoms with Gasteiger partial charge in [0.25, 0.3) is 0 Å². The third-order valence-electron chi connectivity index (χ3n) is 4.95. The Hall–Kier alpha value is -2.04. The quantitative estimate of drug-likeness (QED) is 0.0321. The van der Waals surface area contributed by atoms with E-state index in [2.05, 4.69) is 4.74 Å². The van der Waals surface area contributed by atoms with E-state index in [0.29, 0.717) is 72.7 Å². The molecule has 0 radical (unpaired) electrons. The van der Waals surface area contributed by atoms with E-state index in [1.54, 1.807) is 0 Å². The molecule has 0 saturated heterocycles. The average molecular weight is 671 g/mol. The van der Waals surface area contributed by atoms with Crippen molar-refractivity contribution in [3.63, 3.8) is 0 Å². The summed E-state index contributed by atoms with van der Waals surface area (Å²) in [5, 5.41) is 8.55. The van der Waals surface area contributed by atoms with Gasteiger partial charge in [0, 0.05) is 0 Å². The highest BCUT2D eigenvalue weighted by Gasteiger charge is 2.34. The molecule has 0 bridgehead atoms. The lowest BCUT2D eigenvalue weighted by Crippen LogP contribution is -2.17. The minimum Gasteiger partial charge on any atom is -0.420 e. The molecule has 0 aliphatic carbocycles. The van der Waals surface area contributed by atoms with Crippen molar-refractivity contribution in [2.75, 3.05) is 112 Å². The summed E-state index contributed by atoms with van der Waals surface area (Å²) >= 11 is 0. The van der Waals surface area contributed by atoms with E-state index in [0.717, 1.165) is 0 Å². The van der Waals surface area contributed by atoms with E-state index >= 15 is 0 Å². The van der Waals surface area contributed by atoms with Crippen molar-refractivity contribution in [2.24, 2.45) is 0 Å². The summed E-state index contributed by atoms with van der Waals surface area (Å²) in [5.41, 5.74) is 0. The number of aliphatic hydroxyl groups is 1. The van der Waals surface area contributed by atoms with Crippen molar-refractivity contribution >= 4 is 16.1 Å². The summed E-state index contributed by atoms with van der Waals surface area (Å²) in [6.45, 7) is 4.74. The van der Waals surface area contributed by atoms with Gasteiger partial charge in [-0.05, 0) is 0 Å². The molecule has 14 nitrogen and oxygen atoms in total. The fourth-order valence-electron chi connectivity index (χ4n) is 2.93. The van der Waals surface area contributed by atoms with Gasteiger partial charge in [-0.25, -0.2) is 8.78 Å². The fourth-order valence-corrected chi connectivity index (χ4v) is 3.57. The first-order chi connectivity index (χ1) is 21.1. The van der Waals surface area contributed by atoms with Gasteiger partial charge in [-0.15, -0.1) is 0 Å². The van der Waals surface area contributed by atoms with Crippen molar-refractivity contribution in [1.82, 2.24) is 0 Å². The second kappa shape index (κ2) is 24.2. The topological polar surface area (TPSA) is 175 Å². The number of benzene rings is 1. The highest BCUT2D eigenvalue weighted by Crippen LogP contribution is 2.32. The van der Waals surface area contributed by atoms with Crippen LogP contribution in [0, 0.1) is 23.3 Å². The van der Waals surface area contributed by atoms with Crippen LogP contribution in [-0.2, 0) is 52.8 Å². The molecular formula is C25H38F4O14S. The Morgan fingerprint density at radius 3 is 1.11 bits per heavy atom. The molecule has 256 valence electrons. The lowest BCUT2D eigenvalue weighted by atomic mass is 10.3. The van der Waals surface area contributed by atoms with Crippen molar-refractivity contribution in [1.29, 1.82) is 0 Å². The Labute approximate surface area is 252 Å². The zero-order valence-electron chi connectivity index (χ0n) is 23.9. The molecule has 44 heavy (non-hydrogen) atoms. The van der Waals surface area contributed by atoms with Gasteiger partial charge in [0.1, 0.15) is 0 Å². The van der Waals surface area contributed by atoms with E-state index in [1.165, 1.54) is 0 Å². The lowest BCUT2D eigenvalue weighted by molar-refractivity contribution is -0.136. The van der Waals surface area contributed by atoms with Gasteiger partial charge >= 0.3 is 16.1 Å². The molecule has 0 aliphatic heterocycles. The monoisotopic (exact) mass is 670 g/mol. The molecular weight excluding hydrogens is 632 g/mol. The van der Waals surface area contributed by atoms with Crippen LogP contribution in [0.15, 0.2) is 4.90 Å². The minimum absolute atomic E-state index is 0.0144. The number of esters is 1. The van der Waals surface area contributed by atoms with Crippen molar-refractivity contribution in [3.8, 4) is 5.75 Å². The lowest BCUT2D eigenvalue weighted by Gasteiger charge is -2.11. The summed E-state index contributed by atoms with van der Waals surface area (Å²) in [6.07, 6.45) is -0.566. The maximum Gasteiger partial charge on any atom is 0.313 e. The maximum absolute atomic E-state index is 13.9. The first kappa shape index (κ1) is 40.0. The molecule has 1 aromatic carbocycles. The SMILES string of the molecule is O=C(CCOCCOCCOCCOCCOCCOCCOCCOCCO)Oc1c(F)c(F)c(S(=O)(=O)O)c(F)c1F. The van der Waals surface area contributed by atoms with Gasteiger partial charge in [-0.2, -0.15) is 17.2 Å². The summed E-state index contributed by atoms with van der Waals surface area (Å²) < 4.78 is 132. The van der Waals surface area contributed by atoms with E-state index < -0.39 is 56.4 Å². The molecule has 0 unspecified atom stereocenters. The zero-order chi connectivity index (χ0) is 32.6. The van der Waals surface area contributed by atoms with Gasteiger partial charge < -0.3 is 47.7 Å². The molecule has 0 heterocycles. The molecule has 0 atom stereocenters. The van der Waals surface area contributed by atoms with Crippen molar-refractivity contribution < 1.29 is 83.1 Å². The van der Waals surface area contributed by atoms with E-state index in [-0.39, 0.29) is 39.6 Å². The number of aliphatic hydroxyl groups excluding tert-OH is 1. The Morgan fingerprint density at radius 2 is 0.818 bits per heavy atom. The van der Waals surface area contributed by atoms with Crippen LogP contribution in [-0.4, -0.2) is 136 Å². The van der Waals surface area contributed by atoms with Crippen LogP contribution in [0.5, 0.6) is 5.75 Å². The maximum atomic E-state index is 13.9. The van der Waals surface area contributed by atoms with Crippen LogP contribution in [0.3, 0.4) is 0 Å². The predicted molar refractivity (Wildman–Crippen MR) is 140 cm³/mol. The second-order valence-electron chi connectivity index (χ2n) is 8.24. The van der Waals surface area contributed by atoms with E-state index in [4.69, 9.17) is 47.6 Å². The van der Waals surface area contributed by atoms with Crippen molar-refractivity contribution in [3.05, 3.63) is 23.3 Å². The van der Waals surface area contributed by atoms with Crippen LogP contribution in [0.2, 0.25) is 0 Å². The molecule has 0 spiro atoms. The summed E-state index contributed by atoms with van der Waals surface area (Å²) in [7, 11) is -5.63. The molecule has 0 aliphatic rings. The standard InChI is InChI=1S/C25H38F4O14S/c26-20-22(28)25(44(32,33)34)23(29)21(27)24(20)43-19(31)1-3-35-5-7-37-9-11-39-13-15-41-17-18-42-16-14-40-12-10-38-8-6-36-4-2-30/h30H,1-18H2,(H,32,33,34). The van der Waals surface area contributed by atoms with Crippen LogP contribution in [0.25, 0.3) is 0 Å². The number of rotatable bonds is 28.